The van der Waals surface area contributed by atoms with Crippen LogP contribution in [0, 0.1) is 6.92 Å². The van der Waals surface area contributed by atoms with E-state index in [1.54, 1.807) is 18.2 Å². The maximum absolute atomic E-state index is 13.4. The number of hydrogen-bond acceptors (Lipinski definition) is 2. The van der Waals surface area contributed by atoms with Gasteiger partial charge in [0.1, 0.15) is 0 Å². The molecule has 28 heavy (non-hydrogen) atoms. The standard InChI is InChI=1S/C22H16F3NOS/c1-13-5-4-7-15(9-13)21(27)26-18-11-16(22(23,24)25)12-20-17(18)10-14-6-2-3-8-19(14)28-20/h2-9,11-12H,10H2,1H3,(H,26,27). The fourth-order valence-electron chi connectivity index (χ4n) is 3.23. The minimum atomic E-state index is -4.49. The van der Waals surface area contributed by atoms with Crippen LogP contribution in [0.1, 0.15) is 32.6 Å². The van der Waals surface area contributed by atoms with Gasteiger partial charge in [-0.1, -0.05) is 47.7 Å². The van der Waals surface area contributed by atoms with Crippen molar-refractivity contribution in [3.63, 3.8) is 0 Å². The average Bonchev–Trinajstić information content (AvgIpc) is 2.65. The van der Waals surface area contributed by atoms with Crippen LogP contribution in [0.25, 0.3) is 0 Å². The zero-order valence-corrected chi connectivity index (χ0v) is 15.7. The van der Waals surface area contributed by atoms with Crippen LogP contribution in [-0.4, -0.2) is 5.91 Å². The molecule has 0 atom stereocenters. The summed E-state index contributed by atoms with van der Waals surface area (Å²) in [5, 5.41) is 2.70. The normalized spacial score (nSPS) is 12.9. The highest BCUT2D eigenvalue weighted by Gasteiger charge is 2.33. The molecule has 0 aromatic heterocycles. The summed E-state index contributed by atoms with van der Waals surface area (Å²) >= 11 is 1.30. The highest BCUT2D eigenvalue weighted by molar-refractivity contribution is 7.99. The third-order valence-corrected chi connectivity index (χ3v) is 5.83. The van der Waals surface area contributed by atoms with Crippen molar-refractivity contribution in [1.82, 2.24) is 0 Å². The molecule has 0 unspecified atom stereocenters. The van der Waals surface area contributed by atoms with Crippen LogP contribution in [0.3, 0.4) is 0 Å². The highest BCUT2D eigenvalue weighted by atomic mass is 32.2. The lowest BCUT2D eigenvalue weighted by molar-refractivity contribution is -0.137. The van der Waals surface area contributed by atoms with Gasteiger partial charge in [0.15, 0.2) is 0 Å². The first-order chi connectivity index (χ1) is 13.3. The Kier molecular flexibility index (Phi) is 4.67. The molecule has 2 nitrogen and oxygen atoms in total. The molecule has 0 saturated heterocycles. The molecule has 0 saturated carbocycles. The molecular formula is C22H16F3NOS. The largest absolute Gasteiger partial charge is 0.416 e. The van der Waals surface area contributed by atoms with Gasteiger partial charge >= 0.3 is 6.18 Å². The second kappa shape index (κ2) is 7.02. The highest BCUT2D eigenvalue weighted by Crippen LogP contribution is 2.45. The van der Waals surface area contributed by atoms with Crippen LogP contribution in [0.2, 0.25) is 0 Å². The molecule has 4 rings (SSSR count). The molecule has 1 amide bonds. The number of fused-ring (bicyclic) bond motifs is 2. The minimum Gasteiger partial charge on any atom is -0.322 e. The number of carbonyl (C=O) groups excluding carboxylic acids is 1. The zero-order chi connectivity index (χ0) is 19.9. The monoisotopic (exact) mass is 399 g/mol. The van der Waals surface area contributed by atoms with Crippen molar-refractivity contribution >= 4 is 23.4 Å². The summed E-state index contributed by atoms with van der Waals surface area (Å²) in [6.45, 7) is 1.86. The third-order valence-electron chi connectivity index (χ3n) is 4.62. The first-order valence-corrected chi connectivity index (χ1v) is 9.51. The number of nitrogens with one attached hydrogen (secondary N) is 1. The molecule has 142 valence electrons. The van der Waals surface area contributed by atoms with Crippen LogP contribution in [0.5, 0.6) is 0 Å². The van der Waals surface area contributed by atoms with Gasteiger partial charge in [0, 0.05) is 27.5 Å². The van der Waals surface area contributed by atoms with E-state index in [1.807, 2.05) is 37.3 Å². The Morgan fingerprint density at radius 3 is 2.54 bits per heavy atom. The number of halogens is 3. The Bertz CT molecular complexity index is 1080. The second-order valence-corrected chi connectivity index (χ2v) is 7.79. The SMILES string of the molecule is Cc1cccc(C(=O)Nc2cc(C(F)(F)F)cc3c2Cc2ccccc2S3)c1. The summed E-state index contributed by atoms with van der Waals surface area (Å²) in [4.78, 5) is 14.1. The van der Waals surface area contributed by atoms with Gasteiger partial charge in [-0.05, 0) is 48.4 Å². The van der Waals surface area contributed by atoms with Gasteiger partial charge in [-0.15, -0.1) is 0 Å². The number of hydrogen-bond donors (Lipinski definition) is 1. The summed E-state index contributed by atoms with van der Waals surface area (Å²) in [7, 11) is 0. The maximum atomic E-state index is 13.4. The van der Waals surface area contributed by atoms with Gasteiger partial charge in [0.25, 0.3) is 5.91 Å². The first-order valence-electron chi connectivity index (χ1n) is 8.69. The number of benzene rings is 3. The lowest BCUT2D eigenvalue weighted by Gasteiger charge is -2.23. The van der Waals surface area contributed by atoms with E-state index in [9.17, 15) is 18.0 Å². The number of aryl methyl sites for hydroxylation is 1. The van der Waals surface area contributed by atoms with E-state index in [0.717, 1.165) is 28.2 Å². The molecule has 0 radical (unpaired) electrons. The van der Waals surface area contributed by atoms with E-state index >= 15 is 0 Å². The predicted molar refractivity (Wildman–Crippen MR) is 104 cm³/mol. The average molecular weight is 399 g/mol. The van der Waals surface area contributed by atoms with Gasteiger partial charge < -0.3 is 5.32 Å². The van der Waals surface area contributed by atoms with Gasteiger partial charge in [0.2, 0.25) is 0 Å². The van der Waals surface area contributed by atoms with Crippen LogP contribution >= 0.6 is 11.8 Å². The molecule has 6 heteroatoms. The van der Waals surface area contributed by atoms with Crippen LogP contribution < -0.4 is 5.32 Å². The number of carbonyl (C=O) groups is 1. The summed E-state index contributed by atoms with van der Waals surface area (Å²) in [5.74, 6) is -0.422. The number of anilines is 1. The fraction of sp³-hybridized carbons (Fsp3) is 0.136. The van der Waals surface area contributed by atoms with Gasteiger partial charge in [0.05, 0.1) is 5.56 Å². The minimum absolute atomic E-state index is 0.207. The van der Waals surface area contributed by atoms with Crippen molar-refractivity contribution < 1.29 is 18.0 Å². The summed E-state index contributed by atoms with van der Waals surface area (Å²) in [6, 6.07) is 16.8. The molecule has 1 aliphatic rings. The maximum Gasteiger partial charge on any atom is 0.416 e. The first kappa shape index (κ1) is 18.6. The van der Waals surface area contributed by atoms with Crippen molar-refractivity contribution in [2.24, 2.45) is 0 Å². The van der Waals surface area contributed by atoms with Crippen molar-refractivity contribution in [3.8, 4) is 0 Å². The summed E-state index contributed by atoms with van der Waals surface area (Å²) in [5.41, 5.74) is 2.50. The lowest BCUT2D eigenvalue weighted by Crippen LogP contribution is -2.17. The number of rotatable bonds is 2. The molecule has 3 aromatic rings. The quantitative estimate of drug-likeness (QED) is 0.427. The van der Waals surface area contributed by atoms with E-state index in [1.165, 1.54) is 11.8 Å². The molecule has 0 aliphatic carbocycles. The summed E-state index contributed by atoms with van der Waals surface area (Å²) < 4.78 is 40.3. The van der Waals surface area contributed by atoms with Crippen molar-refractivity contribution in [2.45, 2.75) is 29.3 Å². The molecular weight excluding hydrogens is 383 g/mol. The number of amides is 1. The predicted octanol–water partition coefficient (Wildman–Crippen LogP) is 6.32. The third kappa shape index (κ3) is 3.64. The summed E-state index contributed by atoms with van der Waals surface area (Å²) in [6.07, 6.45) is -4.02. The molecule has 3 aromatic carbocycles. The van der Waals surface area contributed by atoms with E-state index in [2.05, 4.69) is 5.32 Å². The van der Waals surface area contributed by atoms with Crippen LogP contribution in [-0.2, 0) is 12.6 Å². The molecule has 1 N–H and O–H groups in total. The molecule has 1 heterocycles. The van der Waals surface area contributed by atoms with E-state index in [0.29, 0.717) is 22.4 Å². The van der Waals surface area contributed by atoms with E-state index < -0.39 is 17.6 Å². The Balaban J connectivity index is 1.77. The van der Waals surface area contributed by atoms with E-state index in [4.69, 9.17) is 0 Å². The number of alkyl halides is 3. The fourth-order valence-corrected chi connectivity index (χ4v) is 4.38. The van der Waals surface area contributed by atoms with Gasteiger partial charge in [-0.25, -0.2) is 0 Å². The van der Waals surface area contributed by atoms with Crippen LogP contribution in [0.15, 0.2) is 70.5 Å². The molecule has 0 fully saturated rings. The lowest BCUT2D eigenvalue weighted by atomic mass is 9.99. The van der Waals surface area contributed by atoms with Crippen molar-refractivity contribution in [3.05, 3.63) is 88.5 Å². The molecule has 0 bridgehead atoms. The Labute approximate surface area is 164 Å². The van der Waals surface area contributed by atoms with Gasteiger partial charge in [-0.3, -0.25) is 4.79 Å². The topological polar surface area (TPSA) is 29.1 Å². The second-order valence-electron chi connectivity index (χ2n) is 6.71. The Morgan fingerprint density at radius 1 is 1.00 bits per heavy atom. The smallest absolute Gasteiger partial charge is 0.322 e. The van der Waals surface area contributed by atoms with Crippen molar-refractivity contribution in [2.75, 3.05) is 5.32 Å². The van der Waals surface area contributed by atoms with E-state index in [-0.39, 0.29) is 5.69 Å². The van der Waals surface area contributed by atoms with Crippen molar-refractivity contribution in [1.29, 1.82) is 0 Å². The molecule has 0 spiro atoms. The van der Waals surface area contributed by atoms with Gasteiger partial charge in [-0.2, -0.15) is 13.2 Å². The zero-order valence-electron chi connectivity index (χ0n) is 14.9. The molecule has 1 aliphatic heterocycles. The Hall–Kier alpha value is -2.73. The Morgan fingerprint density at radius 2 is 1.79 bits per heavy atom. The van der Waals surface area contributed by atoms with Crippen LogP contribution in [0.4, 0.5) is 18.9 Å².